The summed E-state index contributed by atoms with van der Waals surface area (Å²) >= 11 is 6.20. The lowest BCUT2D eigenvalue weighted by molar-refractivity contribution is -0.116. The number of carbonyl (C=O) groups excluding carboxylic acids is 1. The highest BCUT2D eigenvalue weighted by Gasteiger charge is 2.27. The molecule has 9 heteroatoms. The first-order valence-electron chi connectivity index (χ1n) is 10.2. The first kappa shape index (κ1) is 23.5. The fourth-order valence-electron chi connectivity index (χ4n) is 3.46. The van der Waals surface area contributed by atoms with Gasteiger partial charge in [-0.2, -0.15) is 4.31 Å². The molecule has 168 valence electrons. The lowest BCUT2D eigenvalue weighted by Crippen LogP contribution is -2.28. The van der Waals surface area contributed by atoms with Gasteiger partial charge in [0.05, 0.1) is 22.7 Å². The van der Waals surface area contributed by atoms with Crippen LogP contribution in [0.1, 0.15) is 24.8 Å². The van der Waals surface area contributed by atoms with Crippen LogP contribution in [0.3, 0.4) is 0 Å². The van der Waals surface area contributed by atoms with Crippen molar-refractivity contribution in [3.63, 3.8) is 0 Å². The van der Waals surface area contributed by atoms with Crippen LogP contribution >= 0.6 is 11.6 Å². The maximum Gasteiger partial charge on any atom is 0.243 e. The average Bonchev–Trinajstić information content (AvgIpc) is 3.30. The van der Waals surface area contributed by atoms with Crippen molar-refractivity contribution >= 4 is 33.2 Å². The minimum Gasteiger partial charge on any atom is -0.497 e. The number of hydrogen-bond donors (Lipinski definition) is 1. The normalized spacial score (nSPS) is 14.7. The molecule has 1 aliphatic heterocycles. The van der Waals surface area contributed by atoms with Crippen LogP contribution in [0.2, 0.25) is 5.02 Å². The molecule has 2 aromatic carbocycles. The Hall–Kier alpha value is -2.13. The van der Waals surface area contributed by atoms with E-state index in [1.54, 1.807) is 7.11 Å². The van der Waals surface area contributed by atoms with Gasteiger partial charge in [0.2, 0.25) is 15.9 Å². The van der Waals surface area contributed by atoms with Gasteiger partial charge in [-0.3, -0.25) is 4.79 Å². The number of methoxy groups -OCH3 is 1. The topological polar surface area (TPSA) is 79.0 Å². The zero-order valence-corrected chi connectivity index (χ0v) is 19.4. The smallest absolute Gasteiger partial charge is 0.243 e. The molecular weight excluding hydrogens is 438 g/mol. The molecule has 31 heavy (non-hydrogen) atoms. The summed E-state index contributed by atoms with van der Waals surface area (Å²) in [4.78, 5) is 14.6. The van der Waals surface area contributed by atoms with Crippen molar-refractivity contribution in [3.8, 4) is 5.75 Å². The van der Waals surface area contributed by atoms with Gasteiger partial charge in [-0.1, -0.05) is 23.7 Å². The standard InChI is InChI=1S/C22H28ClN3O4S/c1-25(16-17-5-7-18(30-2)8-6-17)14-11-22(27)24-21-15-19(9-10-20(21)23)31(28,29)26-12-3-4-13-26/h5-10,15H,3-4,11-14,16H2,1-2H3,(H,24,27). The predicted molar refractivity (Wildman–Crippen MR) is 122 cm³/mol. The average molecular weight is 466 g/mol. The van der Waals surface area contributed by atoms with Gasteiger partial charge < -0.3 is 15.0 Å². The molecule has 0 aromatic heterocycles. The van der Waals surface area contributed by atoms with Crippen molar-refractivity contribution in [2.24, 2.45) is 0 Å². The quantitative estimate of drug-likeness (QED) is 0.612. The Morgan fingerprint density at radius 1 is 1.16 bits per heavy atom. The minimum absolute atomic E-state index is 0.144. The Bertz CT molecular complexity index is 1010. The summed E-state index contributed by atoms with van der Waals surface area (Å²) < 4.78 is 32.2. The van der Waals surface area contributed by atoms with Gasteiger partial charge in [-0.05, 0) is 55.8 Å². The second-order valence-corrected chi connectivity index (χ2v) is 9.98. The first-order valence-corrected chi connectivity index (χ1v) is 12.0. The Morgan fingerprint density at radius 3 is 2.48 bits per heavy atom. The number of anilines is 1. The second kappa shape index (κ2) is 10.5. The van der Waals surface area contributed by atoms with Crippen LogP contribution in [0.5, 0.6) is 5.75 Å². The molecule has 1 fully saturated rings. The van der Waals surface area contributed by atoms with Crippen molar-refractivity contribution in [1.29, 1.82) is 0 Å². The molecule has 0 aliphatic carbocycles. The number of rotatable bonds is 9. The number of amides is 1. The van der Waals surface area contributed by atoms with E-state index in [2.05, 4.69) is 5.32 Å². The lowest BCUT2D eigenvalue weighted by atomic mass is 10.2. The van der Waals surface area contributed by atoms with Crippen molar-refractivity contribution in [3.05, 3.63) is 53.1 Å². The summed E-state index contributed by atoms with van der Waals surface area (Å²) in [5.41, 5.74) is 1.43. The fraction of sp³-hybridized carbons (Fsp3) is 0.409. The number of hydrogen-bond acceptors (Lipinski definition) is 5. The summed E-state index contributed by atoms with van der Waals surface area (Å²) in [7, 11) is -0.00620. The van der Waals surface area contributed by atoms with Crippen LogP contribution in [0.25, 0.3) is 0 Å². The SMILES string of the molecule is COc1ccc(CN(C)CCC(=O)Nc2cc(S(=O)(=O)N3CCCC3)ccc2Cl)cc1. The molecule has 0 atom stereocenters. The highest BCUT2D eigenvalue weighted by molar-refractivity contribution is 7.89. The molecule has 7 nitrogen and oxygen atoms in total. The predicted octanol–water partition coefficient (Wildman–Crippen LogP) is 3.59. The summed E-state index contributed by atoms with van der Waals surface area (Å²) in [5.74, 6) is 0.579. The first-order chi connectivity index (χ1) is 14.8. The third-order valence-electron chi connectivity index (χ3n) is 5.25. The van der Waals surface area contributed by atoms with Gasteiger partial charge in [0.15, 0.2) is 0 Å². The van der Waals surface area contributed by atoms with Crippen molar-refractivity contribution in [2.45, 2.75) is 30.7 Å². The number of nitrogens with zero attached hydrogens (tertiary/aromatic N) is 2. The molecule has 3 rings (SSSR count). The highest BCUT2D eigenvalue weighted by Crippen LogP contribution is 2.28. The van der Waals surface area contributed by atoms with E-state index in [1.165, 1.54) is 22.5 Å². The van der Waals surface area contributed by atoms with Crippen LogP contribution in [-0.4, -0.2) is 57.3 Å². The van der Waals surface area contributed by atoms with Crippen LogP contribution in [-0.2, 0) is 21.4 Å². The molecule has 1 amide bonds. The molecule has 0 spiro atoms. The van der Waals surface area contributed by atoms with E-state index in [9.17, 15) is 13.2 Å². The van der Waals surface area contributed by atoms with Gasteiger partial charge >= 0.3 is 0 Å². The van der Waals surface area contributed by atoms with Crippen molar-refractivity contribution < 1.29 is 17.9 Å². The third kappa shape index (κ3) is 6.20. The molecular formula is C22H28ClN3O4S. The number of nitrogens with one attached hydrogen (secondary N) is 1. The molecule has 0 radical (unpaired) electrons. The number of carbonyl (C=O) groups is 1. The number of sulfonamides is 1. The van der Waals surface area contributed by atoms with Crippen LogP contribution in [0.4, 0.5) is 5.69 Å². The van der Waals surface area contributed by atoms with Crippen molar-refractivity contribution in [2.75, 3.05) is 39.1 Å². The Balaban J connectivity index is 1.57. The van der Waals surface area contributed by atoms with E-state index in [0.29, 0.717) is 36.9 Å². The van der Waals surface area contributed by atoms with Gasteiger partial charge in [0, 0.05) is 32.6 Å². The zero-order valence-electron chi connectivity index (χ0n) is 17.8. The molecule has 0 bridgehead atoms. The van der Waals surface area contributed by atoms with Crippen LogP contribution in [0, 0.1) is 0 Å². The molecule has 0 saturated carbocycles. The maximum absolute atomic E-state index is 12.8. The van der Waals surface area contributed by atoms with Gasteiger partial charge in [-0.25, -0.2) is 8.42 Å². The number of ether oxygens (including phenoxy) is 1. The minimum atomic E-state index is -3.57. The van der Waals surface area contributed by atoms with Crippen LogP contribution < -0.4 is 10.1 Å². The van der Waals surface area contributed by atoms with E-state index < -0.39 is 10.0 Å². The Kier molecular flexibility index (Phi) is 7.94. The summed E-state index contributed by atoms with van der Waals surface area (Å²) in [6.07, 6.45) is 1.98. The largest absolute Gasteiger partial charge is 0.497 e. The van der Waals surface area contributed by atoms with E-state index in [4.69, 9.17) is 16.3 Å². The van der Waals surface area contributed by atoms with E-state index in [-0.39, 0.29) is 17.2 Å². The zero-order chi connectivity index (χ0) is 22.4. The molecule has 1 heterocycles. The molecule has 1 saturated heterocycles. The fourth-order valence-corrected chi connectivity index (χ4v) is 5.17. The Morgan fingerprint density at radius 2 is 1.84 bits per heavy atom. The molecule has 0 unspecified atom stereocenters. The van der Waals surface area contributed by atoms with Gasteiger partial charge in [0.25, 0.3) is 0 Å². The van der Waals surface area contributed by atoms with Crippen LogP contribution in [0.15, 0.2) is 47.4 Å². The molecule has 1 aliphatic rings. The number of benzene rings is 2. The maximum atomic E-state index is 12.8. The van der Waals surface area contributed by atoms with E-state index in [1.807, 2.05) is 36.2 Å². The van der Waals surface area contributed by atoms with Crippen molar-refractivity contribution in [1.82, 2.24) is 9.21 Å². The Labute approximate surface area is 189 Å². The van der Waals surface area contributed by atoms with Gasteiger partial charge in [0.1, 0.15) is 5.75 Å². The van der Waals surface area contributed by atoms with Gasteiger partial charge in [-0.15, -0.1) is 0 Å². The second-order valence-electron chi connectivity index (χ2n) is 7.64. The third-order valence-corrected chi connectivity index (χ3v) is 7.47. The summed E-state index contributed by atoms with van der Waals surface area (Å²) in [6.45, 7) is 2.28. The molecule has 1 N–H and O–H groups in total. The lowest BCUT2D eigenvalue weighted by Gasteiger charge is -2.18. The summed E-state index contributed by atoms with van der Waals surface area (Å²) in [6, 6.07) is 12.2. The monoisotopic (exact) mass is 465 g/mol. The summed E-state index contributed by atoms with van der Waals surface area (Å²) in [5, 5.41) is 3.06. The highest BCUT2D eigenvalue weighted by atomic mass is 35.5. The molecule has 2 aromatic rings. The van der Waals surface area contributed by atoms with E-state index >= 15 is 0 Å². The number of halogens is 1. The van der Waals surface area contributed by atoms with E-state index in [0.717, 1.165) is 24.2 Å².